The molecule has 0 radical (unpaired) electrons. The second-order valence-corrected chi connectivity index (χ2v) is 4.81. The largest absolute Gasteiger partial charge is 0.373 e. The molecule has 4 nitrogen and oxygen atoms in total. The van der Waals surface area contributed by atoms with Crippen LogP contribution in [0.1, 0.15) is 10.4 Å². The van der Waals surface area contributed by atoms with E-state index in [0.717, 1.165) is 30.4 Å². The molecule has 0 aliphatic carbocycles. The summed E-state index contributed by atoms with van der Waals surface area (Å²) in [6.45, 7) is 1.70. The highest BCUT2D eigenvalue weighted by atomic mass is 32.2. The lowest BCUT2D eigenvalue weighted by Gasteiger charge is -2.26. The summed E-state index contributed by atoms with van der Waals surface area (Å²) in [5.74, 6) is 2.92. The lowest BCUT2D eigenvalue weighted by molar-refractivity contribution is 0.0772. The van der Waals surface area contributed by atoms with Gasteiger partial charge in [-0.15, -0.1) is 0 Å². The maximum absolute atomic E-state index is 12.1. The number of hydrogen-bond donors (Lipinski definition) is 1. The molecule has 0 spiro atoms. The van der Waals surface area contributed by atoms with E-state index < -0.39 is 0 Å². The average Bonchev–Trinajstić information content (AvgIpc) is 2.39. The van der Waals surface area contributed by atoms with Crippen LogP contribution in [0.2, 0.25) is 0 Å². The van der Waals surface area contributed by atoms with Gasteiger partial charge >= 0.3 is 0 Å². The number of carbonyl (C=O) groups excluding carboxylic acids is 1. The lowest BCUT2D eigenvalue weighted by Crippen LogP contribution is -2.37. The van der Waals surface area contributed by atoms with Gasteiger partial charge in [0.2, 0.25) is 0 Å². The van der Waals surface area contributed by atoms with E-state index in [-0.39, 0.29) is 5.91 Å². The second-order valence-electron chi connectivity index (χ2n) is 3.58. The fourth-order valence-corrected chi connectivity index (χ4v) is 2.55. The molecule has 1 aromatic rings. The number of pyridine rings is 1. The van der Waals surface area contributed by atoms with Gasteiger partial charge in [0.05, 0.1) is 0 Å². The van der Waals surface area contributed by atoms with Crippen molar-refractivity contribution in [1.29, 1.82) is 0 Å². The predicted octanol–water partition coefficient (Wildman–Crippen LogP) is 1.31. The standard InChI is InChI=1S/C11H15N3OS/c1-12-10-8-9(2-3-13-10)11(15)14-4-6-16-7-5-14/h2-3,8H,4-7H2,1H3,(H,12,13). The number of anilines is 1. The van der Waals surface area contributed by atoms with Gasteiger partial charge in [-0.2, -0.15) is 11.8 Å². The number of carbonyl (C=O) groups is 1. The molecule has 0 bridgehead atoms. The topological polar surface area (TPSA) is 45.2 Å². The number of thioether (sulfide) groups is 1. The van der Waals surface area contributed by atoms with E-state index in [2.05, 4.69) is 10.3 Å². The normalized spacial score (nSPS) is 15.9. The van der Waals surface area contributed by atoms with E-state index in [0.29, 0.717) is 5.56 Å². The van der Waals surface area contributed by atoms with Crippen LogP contribution in [0.15, 0.2) is 18.3 Å². The molecule has 1 aliphatic rings. The van der Waals surface area contributed by atoms with Gasteiger partial charge in [0, 0.05) is 43.4 Å². The number of rotatable bonds is 2. The van der Waals surface area contributed by atoms with Crippen LogP contribution in [0, 0.1) is 0 Å². The van der Waals surface area contributed by atoms with Crippen molar-refractivity contribution >= 4 is 23.5 Å². The number of nitrogens with one attached hydrogen (secondary N) is 1. The third-order valence-corrected chi connectivity index (χ3v) is 3.50. The van der Waals surface area contributed by atoms with Crippen molar-refractivity contribution in [2.24, 2.45) is 0 Å². The van der Waals surface area contributed by atoms with Crippen molar-refractivity contribution in [3.8, 4) is 0 Å². The van der Waals surface area contributed by atoms with Gasteiger partial charge in [-0.3, -0.25) is 4.79 Å². The molecule has 1 aliphatic heterocycles. The summed E-state index contributed by atoms with van der Waals surface area (Å²) < 4.78 is 0. The Morgan fingerprint density at radius 2 is 2.25 bits per heavy atom. The minimum Gasteiger partial charge on any atom is -0.373 e. The molecular weight excluding hydrogens is 222 g/mol. The lowest BCUT2D eigenvalue weighted by atomic mass is 10.2. The molecule has 1 fully saturated rings. The van der Waals surface area contributed by atoms with Crippen LogP contribution in [0.25, 0.3) is 0 Å². The fraction of sp³-hybridized carbons (Fsp3) is 0.455. The van der Waals surface area contributed by atoms with Gasteiger partial charge in [-0.1, -0.05) is 0 Å². The van der Waals surface area contributed by atoms with Crippen LogP contribution in [-0.2, 0) is 0 Å². The molecule has 0 aromatic carbocycles. The van der Waals surface area contributed by atoms with E-state index in [1.165, 1.54) is 0 Å². The number of amides is 1. The molecular formula is C11H15N3OS. The molecule has 1 amide bonds. The Morgan fingerprint density at radius 1 is 1.50 bits per heavy atom. The molecule has 1 N–H and O–H groups in total. The summed E-state index contributed by atoms with van der Waals surface area (Å²) in [7, 11) is 1.80. The first-order valence-corrected chi connectivity index (χ1v) is 6.47. The van der Waals surface area contributed by atoms with Gasteiger partial charge in [-0.25, -0.2) is 4.98 Å². The molecule has 0 atom stereocenters. The van der Waals surface area contributed by atoms with Crippen LogP contribution in [-0.4, -0.2) is 47.4 Å². The zero-order chi connectivity index (χ0) is 11.4. The fourth-order valence-electron chi connectivity index (χ4n) is 1.65. The predicted molar refractivity (Wildman–Crippen MR) is 67.0 cm³/mol. The Balaban J connectivity index is 2.12. The summed E-state index contributed by atoms with van der Waals surface area (Å²) in [6.07, 6.45) is 1.66. The highest BCUT2D eigenvalue weighted by molar-refractivity contribution is 7.99. The van der Waals surface area contributed by atoms with E-state index in [9.17, 15) is 4.79 Å². The third kappa shape index (κ3) is 2.47. The van der Waals surface area contributed by atoms with Crippen molar-refractivity contribution in [1.82, 2.24) is 9.88 Å². The van der Waals surface area contributed by atoms with Crippen molar-refractivity contribution in [2.75, 3.05) is 37.0 Å². The Hall–Kier alpha value is -1.23. The van der Waals surface area contributed by atoms with Crippen LogP contribution in [0.3, 0.4) is 0 Å². The molecule has 2 heterocycles. The minimum absolute atomic E-state index is 0.110. The molecule has 1 aromatic heterocycles. The zero-order valence-electron chi connectivity index (χ0n) is 9.27. The van der Waals surface area contributed by atoms with Crippen molar-refractivity contribution in [2.45, 2.75) is 0 Å². The monoisotopic (exact) mass is 237 g/mol. The first kappa shape index (κ1) is 11.3. The number of nitrogens with zero attached hydrogens (tertiary/aromatic N) is 2. The van der Waals surface area contributed by atoms with Gasteiger partial charge < -0.3 is 10.2 Å². The van der Waals surface area contributed by atoms with Gasteiger partial charge in [-0.05, 0) is 12.1 Å². The van der Waals surface area contributed by atoms with Gasteiger partial charge in [0.25, 0.3) is 5.91 Å². The van der Waals surface area contributed by atoms with E-state index in [1.54, 1.807) is 25.4 Å². The van der Waals surface area contributed by atoms with Crippen LogP contribution < -0.4 is 5.32 Å². The molecule has 5 heteroatoms. The highest BCUT2D eigenvalue weighted by Crippen LogP contribution is 2.14. The molecule has 0 unspecified atom stereocenters. The summed E-state index contributed by atoms with van der Waals surface area (Å²) >= 11 is 1.90. The molecule has 16 heavy (non-hydrogen) atoms. The molecule has 1 saturated heterocycles. The molecule has 2 rings (SSSR count). The van der Waals surface area contributed by atoms with Gasteiger partial charge in [0.1, 0.15) is 5.82 Å². The van der Waals surface area contributed by atoms with E-state index in [1.807, 2.05) is 16.7 Å². The first-order chi connectivity index (χ1) is 7.81. The second kappa shape index (κ2) is 5.21. The summed E-state index contributed by atoms with van der Waals surface area (Å²) in [5, 5.41) is 2.94. The summed E-state index contributed by atoms with van der Waals surface area (Å²) in [4.78, 5) is 18.1. The Kier molecular flexibility index (Phi) is 3.66. The van der Waals surface area contributed by atoms with Crippen molar-refractivity contribution in [3.05, 3.63) is 23.9 Å². The van der Waals surface area contributed by atoms with Crippen LogP contribution in [0.5, 0.6) is 0 Å². The Labute approximate surface area is 99.4 Å². The van der Waals surface area contributed by atoms with Crippen molar-refractivity contribution in [3.63, 3.8) is 0 Å². The van der Waals surface area contributed by atoms with E-state index in [4.69, 9.17) is 0 Å². The molecule has 0 saturated carbocycles. The molecule has 86 valence electrons. The zero-order valence-corrected chi connectivity index (χ0v) is 10.1. The number of aromatic nitrogens is 1. The Morgan fingerprint density at radius 3 is 2.94 bits per heavy atom. The summed E-state index contributed by atoms with van der Waals surface area (Å²) in [5.41, 5.74) is 0.714. The minimum atomic E-state index is 0.110. The maximum Gasteiger partial charge on any atom is 0.254 e. The van der Waals surface area contributed by atoms with Crippen molar-refractivity contribution < 1.29 is 4.79 Å². The SMILES string of the molecule is CNc1cc(C(=O)N2CCSCC2)ccn1. The quantitative estimate of drug-likeness (QED) is 0.842. The Bertz CT molecular complexity index is 377. The number of hydrogen-bond acceptors (Lipinski definition) is 4. The highest BCUT2D eigenvalue weighted by Gasteiger charge is 2.18. The van der Waals surface area contributed by atoms with Gasteiger partial charge in [0.15, 0.2) is 0 Å². The summed E-state index contributed by atoms with van der Waals surface area (Å²) in [6, 6.07) is 3.56. The van der Waals surface area contributed by atoms with Crippen LogP contribution >= 0.6 is 11.8 Å². The average molecular weight is 237 g/mol. The first-order valence-electron chi connectivity index (χ1n) is 5.32. The smallest absolute Gasteiger partial charge is 0.254 e. The maximum atomic E-state index is 12.1. The van der Waals surface area contributed by atoms with E-state index >= 15 is 0 Å². The third-order valence-electron chi connectivity index (χ3n) is 2.56. The van der Waals surface area contributed by atoms with Crippen LogP contribution in [0.4, 0.5) is 5.82 Å².